The fourth-order valence-electron chi connectivity index (χ4n) is 3.95. The molecule has 1 N–H and O–H groups in total. The lowest BCUT2D eigenvalue weighted by atomic mass is 9.98. The summed E-state index contributed by atoms with van der Waals surface area (Å²) in [5.74, 6) is -0.600. The van der Waals surface area contributed by atoms with Gasteiger partial charge in [-0.1, -0.05) is 29.8 Å². The molecule has 0 saturated heterocycles. The smallest absolute Gasteiger partial charge is 0.338 e. The summed E-state index contributed by atoms with van der Waals surface area (Å²) >= 11 is 7.70. The predicted molar refractivity (Wildman–Crippen MR) is 124 cm³/mol. The summed E-state index contributed by atoms with van der Waals surface area (Å²) in [5.41, 5.74) is 4.06. The maximum atomic E-state index is 13.5. The molecule has 6 nitrogen and oxygen atoms in total. The van der Waals surface area contributed by atoms with E-state index in [0.29, 0.717) is 28.6 Å². The van der Waals surface area contributed by atoms with Crippen molar-refractivity contribution in [2.75, 3.05) is 11.5 Å². The Balaban J connectivity index is 1.62. The van der Waals surface area contributed by atoms with Crippen molar-refractivity contribution in [2.24, 2.45) is 0 Å². The van der Waals surface area contributed by atoms with Gasteiger partial charge in [0.2, 0.25) is 0 Å². The van der Waals surface area contributed by atoms with Gasteiger partial charge in [0.15, 0.2) is 5.69 Å². The van der Waals surface area contributed by atoms with Crippen LogP contribution in [0, 0.1) is 0 Å². The van der Waals surface area contributed by atoms with Gasteiger partial charge in [-0.05, 0) is 60.3 Å². The number of aromatic nitrogens is 2. The van der Waals surface area contributed by atoms with E-state index >= 15 is 0 Å². The number of hydrogen-bond acceptors (Lipinski definition) is 5. The van der Waals surface area contributed by atoms with Gasteiger partial charge in [0.05, 0.1) is 28.8 Å². The highest BCUT2D eigenvalue weighted by Gasteiger charge is 2.43. The second kappa shape index (κ2) is 8.26. The molecule has 5 rings (SSSR count). The van der Waals surface area contributed by atoms with Crippen LogP contribution in [0.2, 0.25) is 5.02 Å². The fraction of sp³-hybridized carbons (Fsp3) is 0.125. The lowest BCUT2D eigenvalue weighted by Gasteiger charge is -2.26. The minimum atomic E-state index is -0.394. The van der Waals surface area contributed by atoms with Gasteiger partial charge >= 0.3 is 5.97 Å². The van der Waals surface area contributed by atoms with E-state index in [1.165, 1.54) is 0 Å². The predicted octanol–water partition coefficient (Wildman–Crippen LogP) is 5.72. The maximum Gasteiger partial charge on any atom is 0.338 e. The van der Waals surface area contributed by atoms with Crippen LogP contribution in [0.3, 0.4) is 0 Å². The number of fused-ring (bicyclic) bond motifs is 1. The molecule has 3 heterocycles. The average Bonchev–Trinajstić information content (AvgIpc) is 3.53. The van der Waals surface area contributed by atoms with Crippen LogP contribution in [0.15, 0.2) is 66.0 Å². The Labute approximate surface area is 193 Å². The molecule has 0 fully saturated rings. The molecule has 1 atom stereocenters. The number of hydrogen-bond donors (Lipinski definition) is 1. The van der Waals surface area contributed by atoms with Gasteiger partial charge in [-0.3, -0.25) is 14.8 Å². The minimum Gasteiger partial charge on any atom is -0.462 e. The number of anilines is 1. The van der Waals surface area contributed by atoms with Crippen LogP contribution in [-0.4, -0.2) is 28.7 Å². The molecule has 1 aliphatic rings. The van der Waals surface area contributed by atoms with Gasteiger partial charge in [0.25, 0.3) is 5.91 Å². The molecule has 0 aliphatic carbocycles. The van der Waals surface area contributed by atoms with Crippen LogP contribution in [-0.2, 0) is 4.74 Å². The summed E-state index contributed by atoms with van der Waals surface area (Å²) < 4.78 is 5.07. The average molecular weight is 464 g/mol. The normalized spacial score (nSPS) is 15.1. The number of nitrogens with zero attached hydrogens (tertiary/aromatic N) is 2. The molecule has 2 aromatic carbocycles. The van der Waals surface area contributed by atoms with E-state index in [2.05, 4.69) is 10.2 Å². The Hall–Kier alpha value is -3.42. The molecule has 160 valence electrons. The van der Waals surface area contributed by atoms with E-state index in [4.69, 9.17) is 16.3 Å². The third-order valence-electron chi connectivity index (χ3n) is 5.37. The van der Waals surface area contributed by atoms with E-state index in [9.17, 15) is 9.59 Å². The van der Waals surface area contributed by atoms with E-state index in [1.54, 1.807) is 47.4 Å². The Morgan fingerprint density at radius 2 is 1.91 bits per heavy atom. The first-order chi connectivity index (χ1) is 15.6. The number of aromatic amines is 1. The number of H-pyrrole nitrogens is 1. The number of amides is 1. The number of thiophene rings is 1. The minimum absolute atomic E-state index is 0.206. The molecular formula is C24H18ClN3O3S. The number of halogens is 1. The monoisotopic (exact) mass is 463 g/mol. The van der Waals surface area contributed by atoms with Gasteiger partial charge in [-0.2, -0.15) is 5.10 Å². The molecular weight excluding hydrogens is 446 g/mol. The highest BCUT2D eigenvalue weighted by atomic mass is 35.5. The van der Waals surface area contributed by atoms with Gasteiger partial charge in [0, 0.05) is 16.3 Å². The third-order valence-corrected chi connectivity index (χ3v) is 6.51. The standard InChI is InChI=1S/C24H18ClN3O3S/c1-2-31-24(30)15-7-11-17(12-8-15)28-22(14-5-9-16(25)10-6-14)19-20(18-4-3-13-32-18)26-27-21(19)23(28)29/h3-13,22H,2H2,1H3,(H,26,27)/t22-/m0/s1. The number of carbonyl (C=O) groups excluding carboxylic acids is 2. The van der Waals surface area contributed by atoms with E-state index in [-0.39, 0.29) is 11.9 Å². The van der Waals surface area contributed by atoms with Crippen molar-refractivity contribution < 1.29 is 14.3 Å². The summed E-state index contributed by atoms with van der Waals surface area (Å²) in [6.07, 6.45) is 0. The molecule has 2 aromatic heterocycles. The molecule has 0 radical (unpaired) electrons. The second-order valence-corrected chi connectivity index (χ2v) is 8.62. The highest BCUT2D eigenvalue weighted by molar-refractivity contribution is 7.13. The van der Waals surface area contributed by atoms with Crippen molar-refractivity contribution in [3.8, 4) is 10.6 Å². The zero-order valence-corrected chi connectivity index (χ0v) is 18.6. The Morgan fingerprint density at radius 3 is 2.56 bits per heavy atom. The molecule has 1 aliphatic heterocycles. The molecule has 0 saturated carbocycles. The number of carbonyl (C=O) groups is 2. The summed E-state index contributed by atoms with van der Waals surface area (Å²) in [4.78, 5) is 28.2. The number of rotatable bonds is 5. The van der Waals surface area contributed by atoms with Crippen molar-refractivity contribution in [3.63, 3.8) is 0 Å². The third kappa shape index (κ3) is 3.39. The lowest BCUT2D eigenvalue weighted by molar-refractivity contribution is 0.0526. The molecule has 0 spiro atoms. The van der Waals surface area contributed by atoms with E-state index in [0.717, 1.165) is 21.7 Å². The molecule has 4 aromatic rings. The Kier molecular flexibility index (Phi) is 5.28. The molecule has 0 bridgehead atoms. The topological polar surface area (TPSA) is 75.3 Å². The SMILES string of the molecule is CCOC(=O)c1ccc(N2C(=O)c3n[nH]c(-c4cccs4)c3[C@@H]2c2ccc(Cl)cc2)cc1. The Morgan fingerprint density at radius 1 is 1.16 bits per heavy atom. The van der Waals surface area contributed by atoms with Crippen molar-refractivity contribution in [2.45, 2.75) is 13.0 Å². The highest BCUT2D eigenvalue weighted by Crippen LogP contribution is 2.45. The summed E-state index contributed by atoms with van der Waals surface area (Å²) in [5, 5.41) is 10.0. The van der Waals surface area contributed by atoms with E-state index < -0.39 is 5.97 Å². The number of benzene rings is 2. The quantitative estimate of drug-likeness (QED) is 0.384. The first kappa shape index (κ1) is 20.5. The van der Waals surface area contributed by atoms with Crippen molar-refractivity contribution in [1.29, 1.82) is 0 Å². The zero-order valence-electron chi connectivity index (χ0n) is 17.0. The fourth-order valence-corrected chi connectivity index (χ4v) is 4.81. The van der Waals surface area contributed by atoms with Gasteiger partial charge in [-0.25, -0.2) is 4.79 Å². The molecule has 32 heavy (non-hydrogen) atoms. The van der Waals surface area contributed by atoms with Gasteiger partial charge in [0.1, 0.15) is 0 Å². The molecule has 1 amide bonds. The second-order valence-electron chi connectivity index (χ2n) is 7.23. The molecule has 8 heteroatoms. The van der Waals surface area contributed by atoms with Crippen molar-refractivity contribution in [1.82, 2.24) is 10.2 Å². The maximum absolute atomic E-state index is 13.5. The first-order valence-corrected chi connectivity index (χ1v) is 11.3. The summed E-state index contributed by atoms with van der Waals surface area (Å²) in [6, 6.07) is 17.9. The van der Waals surface area contributed by atoms with E-state index in [1.807, 2.05) is 41.8 Å². The Bertz CT molecular complexity index is 1280. The zero-order chi connectivity index (χ0) is 22.2. The first-order valence-electron chi connectivity index (χ1n) is 10.1. The van der Waals surface area contributed by atoms with Crippen LogP contribution in [0.25, 0.3) is 10.6 Å². The van der Waals surface area contributed by atoms with Crippen LogP contribution < -0.4 is 4.90 Å². The van der Waals surface area contributed by atoms with Crippen LogP contribution in [0.5, 0.6) is 0 Å². The number of ether oxygens (including phenoxy) is 1. The van der Waals surface area contributed by atoms with Crippen molar-refractivity contribution in [3.05, 3.63) is 93.5 Å². The largest absolute Gasteiger partial charge is 0.462 e. The molecule has 0 unspecified atom stereocenters. The summed E-state index contributed by atoms with van der Waals surface area (Å²) in [7, 11) is 0. The van der Waals surface area contributed by atoms with Crippen LogP contribution in [0.1, 0.15) is 44.9 Å². The van der Waals surface area contributed by atoms with Crippen molar-refractivity contribution >= 4 is 40.5 Å². The van der Waals surface area contributed by atoms with Crippen LogP contribution >= 0.6 is 22.9 Å². The lowest BCUT2D eigenvalue weighted by Crippen LogP contribution is -2.29. The van der Waals surface area contributed by atoms with Gasteiger partial charge in [-0.15, -0.1) is 11.3 Å². The van der Waals surface area contributed by atoms with Gasteiger partial charge < -0.3 is 4.74 Å². The summed E-state index contributed by atoms with van der Waals surface area (Å²) in [6.45, 7) is 2.06. The number of nitrogens with one attached hydrogen (secondary N) is 1. The van der Waals surface area contributed by atoms with Crippen LogP contribution in [0.4, 0.5) is 5.69 Å². The number of esters is 1.